The molecular formula is C27H36N4O2. The number of hydrogen-bond donors (Lipinski definition) is 1. The molecule has 176 valence electrons. The zero-order chi connectivity index (χ0) is 23.4. The predicted octanol–water partition coefficient (Wildman–Crippen LogP) is 5.49. The molecule has 1 fully saturated rings. The Balaban J connectivity index is 1.44. The van der Waals surface area contributed by atoms with Crippen molar-refractivity contribution < 1.29 is 9.53 Å². The number of rotatable bonds is 8. The van der Waals surface area contributed by atoms with Crippen molar-refractivity contribution in [2.45, 2.75) is 66.0 Å². The van der Waals surface area contributed by atoms with Crippen molar-refractivity contribution in [3.8, 4) is 5.75 Å². The second-order valence-electron chi connectivity index (χ2n) is 9.35. The molecule has 0 spiro atoms. The predicted molar refractivity (Wildman–Crippen MR) is 134 cm³/mol. The van der Waals surface area contributed by atoms with Crippen LogP contribution >= 0.6 is 0 Å². The number of nitrogens with one attached hydrogen (secondary N) is 1. The van der Waals surface area contributed by atoms with Crippen LogP contribution in [0.2, 0.25) is 0 Å². The maximum Gasteiger partial charge on any atom is 0.262 e. The quantitative estimate of drug-likeness (QED) is 0.495. The van der Waals surface area contributed by atoms with Crippen molar-refractivity contribution >= 4 is 22.6 Å². The van der Waals surface area contributed by atoms with Gasteiger partial charge in [0.2, 0.25) is 0 Å². The molecule has 1 N–H and O–H groups in total. The van der Waals surface area contributed by atoms with E-state index < -0.39 is 0 Å². The molecule has 1 aromatic heterocycles. The number of piperidine rings is 1. The third kappa shape index (κ3) is 5.56. The van der Waals surface area contributed by atoms with E-state index in [0.717, 1.165) is 65.6 Å². The first-order valence-electron chi connectivity index (χ1n) is 12.2. The van der Waals surface area contributed by atoms with E-state index in [9.17, 15) is 4.79 Å². The van der Waals surface area contributed by atoms with Crippen molar-refractivity contribution in [3.63, 3.8) is 0 Å². The lowest BCUT2D eigenvalue weighted by atomic mass is 10.0. The third-order valence-corrected chi connectivity index (χ3v) is 6.39. The van der Waals surface area contributed by atoms with Crippen LogP contribution in [-0.4, -0.2) is 40.1 Å². The van der Waals surface area contributed by atoms with Crippen LogP contribution in [0, 0.1) is 6.92 Å². The number of aryl methyl sites for hydroxylation is 2. The second kappa shape index (κ2) is 10.4. The van der Waals surface area contributed by atoms with Gasteiger partial charge in [0.1, 0.15) is 11.6 Å². The van der Waals surface area contributed by atoms with Gasteiger partial charge in [0.15, 0.2) is 6.61 Å². The first-order valence-corrected chi connectivity index (χ1v) is 12.2. The highest BCUT2D eigenvalue weighted by atomic mass is 16.5. The summed E-state index contributed by atoms with van der Waals surface area (Å²) in [4.78, 5) is 20.0. The molecule has 0 bridgehead atoms. The molecule has 6 heteroatoms. The number of likely N-dealkylation sites (tertiary alicyclic amines) is 1. The van der Waals surface area contributed by atoms with E-state index in [2.05, 4.69) is 53.8 Å². The van der Waals surface area contributed by atoms with Gasteiger partial charge in [-0.05, 0) is 81.1 Å². The van der Waals surface area contributed by atoms with Crippen LogP contribution in [0.1, 0.15) is 62.9 Å². The fourth-order valence-electron chi connectivity index (χ4n) is 4.63. The Labute approximate surface area is 196 Å². The van der Waals surface area contributed by atoms with Gasteiger partial charge in [-0.2, -0.15) is 0 Å². The summed E-state index contributed by atoms with van der Waals surface area (Å²) in [6.07, 6.45) is 3.87. The summed E-state index contributed by atoms with van der Waals surface area (Å²) >= 11 is 0. The van der Waals surface area contributed by atoms with Crippen molar-refractivity contribution in [1.29, 1.82) is 0 Å². The Bertz CT molecular complexity index is 1110. The highest BCUT2D eigenvalue weighted by Gasteiger charge is 2.17. The zero-order valence-corrected chi connectivity index (χ0v) is 20.4. The number of aromatic nitrogens is 2. The summed E-state index contributed by atoms with van der Waals surface area (Å²) in [5, 5.41) is 2.97. The molecule has 6 nitrogen and oxygen atoms in total. The molecule has 2 heterocycles. The molecule has 2 aromatic carbocycles. The van der Waals surface area contributed by atoms with Crippen LogP contribution in [-0.2, 0) is 17.9 Å². The van der Waals surface area contributed by atoms with Gasteiger partial charge in [0.05, 0.1) is 17.6 Å². The number of amides is 1. The summed E-state index contributed by atoms with van der Waals surface area (Å²) in [5.74, 6) is 2.04. The Morgan fingerprint density at radius 3 is 2.64 bits per heavy atom. The molecule has 1 aliphatic heterocycles. The minimum Gasteiger partial charge on any atom is -0.483 e. The van der Waals surface area contributed by atoms with Gasteiger partial charge >= 0.3 is 0 Å². The smallest absolute Gasteiger partial charge is 0.262 e. The Hall–Kier alpha value is -2.86. The van der Waals surface area contributed by atoms with Crippen molar-refractivity contribution in [3.05, 3.63) is 53.3 Å². The van der Waals surface area contributed by atoms with E-state index in [1.807, 2.05) is 25.1 Å². The van der Waals surface area contributed by atoms with Gasteiger partial charge in [0, 0.05) is 12.2 Å². The highest BCUT2D eigenvalue weighted by molar-refractivity contribution is 5.94. The minimum absolute atomic E-state index is 0.0230. The van der Waals surface area contributed by atoms with Crippen LogP contribution in [0.5, 0.6) is 5.75 Å². The summed E-state index contributed by atoms with van der Waals surface area (Å²) in [6, 6.07) is 12.1. The van der Waals surface area contributed by atoms with Crippen LogP contribution < -0.4 is 10.1 Å². The van der Waals surface area contributed by atoms with Crippen LogP contribution in [0.4, 0.5) is 5.69 Å². The van der Waals surface area contributed by atoms with Gasteiger partial charge in [0.25, 0.3) is 5.91 Å². The molecule has 1 aliphatic rings. The topological polar surface area (TPSA) is 59.4 Å². The lowest BCUT2D eigenvalue weighted by Gasteiger charge is -2.26. The number of nitrogens with zero attached hydrogens (tertiary/aromatic N) is 3. The van der Waals surface area contributed by atoms with Gasteiger partial charge < -0.3 is 14.6 Å². The van der Waals surface area contributed by atoms with E-state index in [4.69, 9.17) is 9.72 Å². The third-order valence-electron chi connectivity index (χ3n) is 6.39. The van der Waals surface area contributed by atoms with Gasteiger partial charge in [-0.25, -0.2) is 4.98 Å². The maximum atomic E-state index is 12.6. The molecular weight excluding hydrogens is 412 g/mol. The lowest BCUT2D eigenvalue weighted by molar-refractivity contribution is -0.118. The normalized spacial score (nSPS) is 14.7. The SMILES string of the molecule is CCn1c(CN2CCCCC2)nc2cc(NC(=O)COc3cc(C)ccc3C(C)C)ccc21. The average molecular weight is 449 g/mol. The molecule has 4 rings (SSSR count). The average Bonchev–Trinajstić information content (AvgIpc) is 3.14. The summed E-state index contributed by atoms with van der Waals surface area (Å²) in [5.41, 5.74) is 5.01. The largest absolute Gasteiger partial charge is 0.483 e. The van der Waals surface area contributed by atoms with Crippen LogP contribution in [0.25, 0.3) is 11.0 Å². The number of ether oxygens (including phenoxy) is 1. The Kier molecular flexibility index (Phi) is 7.33. The summed E-state index contributed by atoms with van der Waals surface area (Å²) in [7, 11) is 0. The van der Waals surface area contributed by atoms with E-state index in [-0.39, 0.29) is 12.5 Å². The van der Waals surface area contributed by atoms with Crippen LogP contribution in [0.15, 0.2) is 36.4 Å². The number of fused-ring (bicyclic) bond motifs is 1. The zero-order valence-electron chi connectivity index (χ0n) is 20.4. The summed E-state index contributed by atoms with van der Waals surface area (Å²) < 4.78 is 8.17. The number of hydrogen-bond acceptors (Lipinski definition) is 4. The highest BCUT2D eigenvalue weighted by Crippen LogP contribution is 2.28. The monoisotopic (exact) mass is 448 g/mol. The number of benzene rings is 2. The molecule has 1 amide bonds. The van der Waals surface area contributed by atoms with E-state index >= 15 is 0 Å². The molecule has 0 aliphatic carbocycles. The Morgan fingerprint density at radius 2 is 1.91 bits per heavy atom. The fourth-order valence-corrected chi connectivity index (χ4v) is 4.63. The molecule has 0 atom stereocenters. The van der Waals surface area contributed by atoms with Crippen molar-refractivity contribution in [2.24, 2.45) is 0 Å². The van der Waals surface area contributed by atoms with Gasteiger partial charge in [-0.1, -0.05) is 32.4 Å². The van der Waals surface area contributed by atoms with Crippen molar-refractivity contribution in [2.75, 3.05) is 25.0 Å². The standard InChI is InChI=1S/C27H36N4O2/c1-5-31-24-12-10-21(16-23(24)29-26(31)17-30-13-7-6-8-14-30)28-27(32)18-33-25-15-20(4)9-11-22(25)19(2)3/h9-12,15-16,19H,5-8,13-14,17-18H2,1-4H3,(H,28,32). The molecule has 0 unspecified atom stereocenters. The van der Waals surface area contributed by atoms with Crippen molar-refractivity contribution in [1.82, 2.24) is 14.5 Å². The number of carbonyl (C=O) groups is 1. The van der Waals surface area contributed by atoms with E-state index in [1.165, 1.54) is 19.3 Å². The molecule has 0 saturated carbocycles. The maximum absolute atomic E-state index is 12.6. The first-order chi connectivity index (χ1) is 15.9. The first kappa shape index (κ1) is 23.3. The second-order valence-corrected chi connectivity index (χ2v) is 9.35. The minimum atomic E-state index is -0.172. The Morgan fingerprint density at radius 1 is 1.12 bits per heavy atom. The number of anilines is 1. The fraction of sp³-hybridized carbons (Fsp3) is 0.481. The molecule has 0 radical (unpaired) electrons. The van der Waals surface area contributed by atoms with E-state index in [0.29, 0.717) is 5.92 Å². The number of imidazole rings is 1. The molecule has 1 saturated heterocycles. The lowest BCUT2D eigenvalue weighted by Crippen LogP contribution is -2.30. The summed E-state index contributed by atoms with van der Waals surface area (Å²) in [6.45, 7) is 12.5. The van der Waals surface area contributed by atoms with Gasteiger partial charge in [-0.3, -0.25) is 9.69 Å². The van der Waals surface area contributed by atoms with Crippen LogP contribution in [0.3, 0.4) is 0 Å². The van der Waals surface area contributed by atoms with E-state index in [1.54, 1.807) is 0 Å². The van der Waals surface area contributed by atoms with Gasteiger partial charge in [-0.15, -0.1) is 0 Å². The molecule has 33 heavy (non-hydrogen) atoms. The molecule has 3 aromatic rings. The number of carbonyl (C=O) groups excluding carboxylic acids is 1.